The van der Waals surface area contributed by atoms with Gasteiger partial charge in [-0.1, -0.05) is 15.9 Å². The van der Waals surface area contributed by atoms with Crippen LogP contribution < -0.4 is 0 Å². The molecule has 0 radical (unpaired) electrons. The molecule has 2 rings (SSSR count). The maximum Gasteiger partial charge on any atom is 0.124 e. The van der Waals surface area contributed by atoms with Crippen molar-refractivity contribution in [2.24, 2.45) is 0 Å². The Morgan fingerprint density at radius 2 is 2.31 bits per heavy atom. The largest absolute Gasteiger partial charge is 0.271 e. The molecule has 0 amide bonds. The van der Waals surface area contributed by atoms with E-state index in [1.54, 1.807) is 10.7 Å². The number of benzene rings is 1. The summed E-state index contributed by atoms with van der Waals surface area (Å²) in [5, 5.41) is 5.96. The zero-order valence-corrected chi connectivity index (χ0v) is 8.46. The number of hydrogen-bond acceptors (Lipinski definition) is 1. The highest BCUT2D eigenvalue weighted by Crippen LogP contribution is 2.13. The summed E-state index contributed by atoms with van der Waals surface area (Å²) in [6.07, 6.45) is 1.85. The molecule has 0 aliphatic carbocycles. The first-order valence-electron chi connectivity index (χ1n) is 3.98. The molecule has 0 N–H and O–H groups in total. The minimum Gasteiger partial charge on any atom is -0.271 e. The van der Waals surface area contributed by atoms with Gasteiger partial charge >= 0.3 is 0 Å². The van der Waals surface area contributed by atoms with Crippen LogP contribution >= 0.6 is 15.9 Å². The molecule has 1 aromatic heterocycles. The average Bonchev–Trinajstić information content (AvgIpc) is 2.46. The SMILES string of the molecule is Fc1ccc2nn(CCBr)cc2c1. The fourth-order valence-corrected chi connectivity index (χ4v) is 1.61. The van der Waals surface area contributed by atoms with E-state index in [2.05, 4.69) is 21.0 Å². The van der Waals surface area contributed by atoms with Crippen LogP contribution in [0.5, 0.6) is 0 Å². The molecule has 2 aromatic rings. The number of rotatable bonds is 2. The summed E-state index contributed by atoms with van der Waals surface area (Å²) in [5.41, 5.74) is 0.836. The standard InChI is InChI=1S/C9H8BrFN2/c10-3-4-13-6-7-5-8(11)1-2-9(7)12-13/h1-2,5-6H,3-4H2. The van der Waals surface area contributed by atoms with E-state index in [9.17, 15) is 4.39 Å². The second kappa shape index (κ2) is 3.46. The van der Waals surface area contributed by atoms with Crippen molar-refractivity contribution in [3.8, 4) is 0 Å². The van der Waals surface area contributed by atoms with Gasteiger partial charge in [-0.15, -0.1) is 0 Å². The Labute approximate surface area is 83.5 Å². The van der Waals surface area contributed by atoms with Gasteiger partial charge in [0.15, 0.2) is 0 Å². The molecule has 1 aromatic carbocycles. The Hall–Kier alpha value is -0.900. The molecule has 68 valence electrons. The first kappa shape index (κ1) is 8.69. The smallest absolute Gasteiger partial charge is 0.124 e. The summed E-state index contributed by atoms with van der Waals surface area (Å²) < 4.78 is 14.6. The quantitative estimate of drug-likeness (QED) is 0.741. The highest BCUT2D eigenvalue weighted by molar-refractivity contribution is 9.09. The molecule has 0 saturated heterocycles. The minimum absolute atomic E-state index is 0.217. The third-order valence-corrected chi connectivity index (χ3v) is 2.18. The lowest BCUT2D eigenvalue weighted by Gasteiger charge is -1.92. The van der Waals surface area contributed by atoms with Gasteiger partial charge in [0.2, 0.25) is 0 Å². The molecular weight excluding hydrogens is 235 g/mol. The fraction of sp³-hybridized carbons (Fsp3) is 0.222. The topological polar surface area (TPSA) is 17.8 Å². The van der Waals surface area contributed by atoms with E-state index >= 15 is 0 Å². The fourth-order valence-electron chi connectivity index (χ4n) is 1.25. The molecule has 4 heteroatoms. The van der Waals surface area contributed by atoms with E-state index in [1.165, 1.54) is 12.1 Å². The number of fused-ring (bicyclic) bond motifs is 1. The lowest BCUT2D eigenvalue weighted by Crippen LogP contribution is -1.97. The Balaban J connectivity index is 2.49. The summed E-state index contributed by atoms with van der Waals surface area (Å²) in [5.74, 6) is -0.217. The third kappa shape index (κ3) is 1.72. The number of halogens is 2. The second-order valence-corrected chi connectivity index (χ2v) is 3.58. The van der Waals surface area contributed by atoms with Crippen LogP contribution in [0.25, 0.3) is 10.9 Å². The molecule has 0 saturated carbocycles. The molecule has 0 aliphatic heterocycles. The van der Waals surface area contributed by atoms with Crippen molar-refractivity contribution in [3.05, 3.63) is 30.2 Å². The van der Waals surface area contributed by atoms with Crippen LogP contribution in [-0.2, 0) is 6.54 Å². The first-order valence-corrected chi connectivity index (χ1v) is 5.10. The van der Waals surface area contributed by atoms with Gasteiger partial charge in [0.1, 0.15) is 5.82 Å². The second-order valence-electron chi connectivity index (χ2n) is 2.78. The predicted molar refractivity (Wildman–Crippen MR) is 53.5 cm³/mol. The monoisotopic (exact) mass is 242 g/mol. The number of nitrogens with zero attached hydrogens (tertiary/aromatic N) is 2. The number of alkyl halides is 1. The van der Waals surface area contributed by atoms with E-state index < -0.39 is 0 Å². The molecule has 0 bridgehead atoms. The van der Waals surface area contributed by atoms with Crippen molar-refractivity contribution in [1.29, 1.82) is 0 Å². The number of aryl methyl sites for hydroxylation is 1. The lowest BCUT2D eigenvalue weighted by atomic mass is 10.2. The molecule has 0 atom stereocenters. The average molecular weight is 243 g/mol. The summed E-state index contributed by atoms with van der Waals surface area (Å²) in [7, 11) is 0. The van der Waals surface area contributed by atoms with Gasteiger partial charge < -0.3 is 0 Å². The number of aromatic nitrogens is 2. The van der Waals surface area contributed by atoms with Gasteiger partial charge in [0, 0.05) is 16.9 Å². The van der Waals surface area contributed by atoms with Crippen molar-refractivity contribution < 1.29 is 4.39 Å². The number of hydrogen-bond donors (Lipinski definition) is 0. The van der Waals surface area contributed by atoms with Crippen LogP contribution in [-0.4, -0.2) is 15.1 Å². The molecule has 0 spiro atoms. The molecule has 2 nitrogen and oxygen atoms in total. The van der Waals surface area contributed by atoms with Crippen LogP contribution in [0.4, 0.5) is 4.39 Å². The first-order chi connectivity index (χ1) is 6.29. The van der Waals surface area contributed by atoms with E-state index in [4.69, 9.17) is 0 Å². The maximum atomic E-state index is 12.8. The highest BCUT2D eigenvalue weighted by atomic mass is 79.9. The predicted octanol–water partition coefficient (Wildman–Crippen LogP) is 2.57. The highest BCUT2D eigenvalue weighted by Gasteiger charge is 2.00. The zero-order chi connectivity index (χ0) is 9.26. The van der Waals surface area contributed by atoms with Crippen LogP contribution in [0, 0.1) is 5.82 Å². The van der Waals surface area contributed by atoms with Crippen molar-refractivity contribution in [2.45, 2.75) is 6.54 Å². The summed E-state index contributed by atoms with van der Waals surface area (Å²) in [4.78, 5) is 0. The summed E-state index contributed by atoms with van der Waals surface area (Å²) in [6, 6.07) is 4.61. The van der Waals surface area contributed by atoms with Crippen molar-refractivity contribution in [3.63, 3.8) is 0 Å². The van der Waals surface area contributed by atoms with Gasteiger partial charge in [-0.3, -0.25) is 4.68 Å². The van der Waals surface area contributed by atoms with Crippen LogP contribution in [0.2, 0.25) is 0 Å². The minimum atomic E-state index is -0.217. The summed E-state index contributed by atoms with van der Waals surface area (Å²) in [6.45, 7) is 0.802. The van der Waals surface area contributed by atoms with Gasteiger partial charge in [-0.2, -0.15) is 5.10 Å². The van der Waals surface area contributed by atoms with Gasteiger partial charge in [-0.05, 0) is 18.2 Å². The Kier molecular flexibility index (Phi) is 2.31. The molecular formula is C9H8BrFN2. The molecule has 0 aliphatic rings. The van der Waals surface area contributed by atoms with Crippen molar-refractivity contribution in [2.75, 3.05) is 5.33 Å². The van der Waals surface area contributed by atoms with Crippen LogP contribution in [0.1, 0.15) is 0 Å². The molecule has 13 heavy (non-hydrogen) atoms. The normalized spacial score (nSPS) is 10.9. The van der Waals surface area contributed by atoms with Gasteiger partial charge in [-0.25, -0.2) is 4.39 Å². The molecule has 1 heterocycles. The van der Waals surface area contributed by atoms with Gasteiger partial charge in [0.25, 0.3) is 0 Å². The van der Waals surface area contributed by atoms with E-state index in [0.29, 0.717) is 0 Å². The van der Waals surface area contributed by atoms with E-state index in [1.807, 2.05) is 6.20 Å². The van der Waals surface area contributed by atoms with Gasteiger partial charge in [0.05, 0.1) is 12.1 Å². The van der Waals surface area contributed by atoms with E-state index in [-0.39, 0.29) is 5.82 Å². The van der Waals surface area contributed by atoms with Crippen LogP contribution in [0.3, 0.4) is 0 Å². The summed E-state index contributed by atoms with van der Waals surface area (Å²) >= 11 is 3.32. The van der Waals surface area contributed by atoms with Crippen molar-refractivity contribution in [1.82, 2.24) is 9.78 Å². The Morgan fingerprint density at radius 1 is 1.46 bits per heavy atom. The maximum absolute atomic E-state index is 12.8. The third-order valence-electron chi connectivity index (χ3n) is 1.83. The lowest BCUT2D eigenvalue weighted by molar-refractivity contribution is 0.630. The Bertz CT molecular complexity index is 424. The molecule has 0 fully saturated rings. The zero-order valence-electron chi connectivity index (χ0n) is 6.87. The Morgan fingerprint density at radius 3 is 3.08 bits per heavy atom. The van der Waals surface area contributed by atoms with E-state index in [0.717, 1.165) is 22.8 Å². The van der Waals surface area contributed by atoms with Crippen LogP contribution in [0.15, 0.2) is 24.4 Å². The van der Waals surface area contributed by atoms with Crippen molar-refractivity contribution >= 4 is 26.8 Å². The molecule has 0 unspecified atom stereocenters.